The molecule has 27 heavy (non-hydrogen) atoms. The minimum absolute atomic E-state index is 0.0466. The molecule has 148 valence electrons. The maximum Gasteiger partial charge on any atom is 0.433 e. The molecule has 1 aliphatic carbocycles. The minimum atomic E-state index is -4.48. The van der Waals surface area contributed by atoms with Crippen molar-refractivity contribution in [1.82, 2.24) is 14.9 Å². The molecule has 0 spiro atoms. The van der Waals surface area contributed by atoms with E-state index in [4.69, 9.17) is 4.74 Å². The van der Waals surface area contributed by atoms with E-state index < -0.39 is 11.9 Å². The highest BCUT2D eigenvalue weighted by Crippen LogP contribution is 2.37. The summed E-state index contributed by atoms with van der Waals surface area (Å²) in [6.07, 6.45) is 1.23. The maximum absolute atomic E-state index is 13.0. The van der Waals surface area contributed by atoms with Crippen molar-refractivity contribution in [2.75, 3.05) is 24.6 Å². The SMILES string of the molecule is O=C(C1CCCO1)N1CCC(N(c2cc(C(F)(F)F)ncn2)C2CC2)CC1. The van der Waals surface area contributed by atoms with Crippen molar-refractivity contribution >= 4 is 11.7 Å². The molecule has 9 heteroatoms. The summed E-state index contributed by atoms with van der Waals surface area (Å²) in [4.78, 5) is 23.8. The Balaban J connectivity index is 1.44. The predicted molar refractivity (Wildman–Crippen MR) is 91.1 cm³/mol. The zero-order valence-corrected chi connectivity index (χ0v) is 15.0. The van der Waals surface area contributed by atoms with Crippen molar-refractivity contribution < 1.29 is 22.7 Å². The fourth-order valence-electron chi connectivity index (χ4n) is 4.01. The van der Waals surface area contributed by atoms with Gasteiger partial charge in [-0.25, -0.2) is 9.97 Å². The highest BCUT2D eigenvalue weighted by atomic mass is 19.4. The molecule has 0 bridgehead atoms. The fraction of sp³-hybridized carbons (Fsp3) is 0.722. The van der Waals surface area contributed by atoms with Crippen LogP contribution in [0.2, 0.25) is 0 Å². The maximum atomic E-state index is 13.0. The van der Waals surface area contributed by atoms with Gasteiger partial charge in [0.1, 0.15) is 23.9 Å². The van der Waals surface area contributed by atoms with Crippen molar-refractivity contribution in [3.8, 4) is 0 Å². The van der Waals surface area contributed by atoms with Gasteiger partial charge < -0.3 is 14.5 Å². The number of hydrogen-bond donors (Lipinski definition) is 0. The van der Waals surface area contributed by atoms with Crippen LogP contribution < -0.4 is 4.90 Å². The molecule has 4 rings (SSSR count). The van der Waals surface area contributed by atoms with E-state index in [1.807, 2.05) is 9.80 Å². The minimum Gasteiger partial charge on any atom is -0.368 e. The molecule has 1 amide bonds. The molecular weight excluding hydrogens is 361 g/mol. The molecule has 1 saturated carbocycles. The highest BCUT2D eigenvalue weighted by molar-refractivity contribution is 5.81. The average Bonchev–Trinajstić information content (AvgIpc) is 3.33. The highest BCUT2D eigenvalue weighted by Gasteiger charge is 2.40. The van der Waals surface area contributed by atoms with Gasteiger partial charge in [0.15, 0.2) is 0 Å². The molecule has 1 aromatic heterocycles. The van der Waals surface area contributed by atoms with Crippen LogP contribution in [0.4, 0.5) is 19.0 Å². The summed E-state index contributed by atoms with van der Waals surface area (Å²) in [5.74, 6) is 0.383. The molecule has 3 fully saturated rings. The number of carbonyl (C=O) groups is 1. The number of likely N-dealkylation sites (tertiary alicyclic amines) is 1. The van der Waals surface area contributed by atoms with E-state index in [9.17, 15) is 18.0 Å². The number of alkyl halides is 3. The van der Waals surface area contributed by atoms with Gasteiger partial charge in [-0.3, -0.25) is 4.79 Å². The van der Waals surface area contributed by atoms with E-state index in [1.165, 1.54) is 0 Å². The van der Waals surface area contributed by atoms with Crippen molar-refractivity contribution in [3.05, 3.63) is 18.1 Å². The molecule has 6 nitrogen and oxygen atoms in total. The van der Waals surface area contributed by atoms with Crippen LogP contribution in [0.3, 0.4) is 0 Å². The Morgan fingerprint density at radius 1 is 1.11 bits per heavy atom. The Labute approximate surface area is 155 Å². The summed E-state index contributed by atoms with van der Waals surface area (Å²) in [6, 6.07) is 1.36. The Kier molecular flexibility index (Phi) is 4.96. The Morgan fingerprint density at radius 3 is 2.41 bits per heavy atom. The lowest BCUT2D eigenvalue weighted by Crippen LogP contribution is -2.50. The van der Waals surface area contributed by atoms with Crippen LogP contribution >= 0.6 is 0 Å². The van der Waals surface area contributed by atoms with E-state index in [0.29, 0.717) is 25.5 Å². The third-order valence-corrected chi connectivity index (χ3v) is 5.52. The Hall–Kier alpha value is -1.90. The second kappa shape index (κ2) is 7.26. The lowest BCUT2D eigenvalue weighted by atomic mass is 10.0. The van der Waals surface area contributed by atoms with E-state index in [1.54, 1.807) is 0 Å². The summed E-state index contributed by atoms with van der Waals surface area (Å²) in [7, 11) is 0. The van der Waals surface area contributed by atoms with Crippen LogP contribution in [-0.2, 0) is 15.7 Å². The lowest BCUT2D eigenvalue weighted by Gasteiger charge is -2.40. The summed E-state index contributed by atoms with van der Waals surface area (Å²) in [5.41, 5.74) is -0.913. The lowest BCUT2D eigenvalue weighted by molar-refractivity contribution is -0.142. The van der Waals surface area contributed by atoms with Crippen molar-refractivity contribution in [2.24, 2.45) is 0 Å². The van der Waals surface area contributed by atoms with Crippen LogP contribution in [0.1, 0.15) is 44.2 Å². The van der Waals surface area contributed by atoms with Gasteiger partial charge >= 0.3 is 6.18 Å². The Morgan fingerprint density at radius 2 is 1.81 bits per heavy atom. The van der Waals surface area contributed by atoms with Gasteiger partial charge in [0, 0.05) is 37.8 Å². The zero-order valence-electron chi connectivity index (χ0n) is 15.0. The van der Waals surface area contributed by atoms with Crippen LogP contribution in [0.25, 0.3) is 0 Å². The largest absolute Gasteiger partial charge is 0.433 e. The first kappa shape index (κ1) is 18.5. The van der Waals surface area contributed by atoms with Gasteiger partial charge in [-0.1, -0.05) is 0 Å². The smallest absolute Gasteiger partial charge is 0.368 e. The molecular formula is C18H23F3N4O2. The zero-order chi connectivity index (χ0) is 19.0. The van der Waals surface area contributed by atoms with Gasteiger partial charge in [-0.05, 0) is 38.5 Å². The second-order valence-electron chi connectivity index (χ2n) is 7.46. The molecule has 0 N–H and O–H groups in total. The van der Waals surface area contributed by atoms with E-state index in [2.05, 4.69) is 9.97 Å². The molecule has 1 unspecified atom stereocenters. The monoisotopic (exact) mass is 384 g/mol. The number of piperidine rings is 1. The number of nitrogens with zero attached hydrogens (tertiary/aromatic N) is 4. The van der Waals surface area contributed by atoms with Gasteiger partial charge in [0.2, 0.25) is 0 Å². The van der Waals surface area contributed by atoms with Gasteiger partial charge in [0.05, 0.1) is 0 Å². The normalized spacial score (nSPS) is 24.3. The third-order valence-electron chi connectivity index (χ3n) is 5.52. The van der Waals surface area contributed by atoms with Crippen molar-refractivity contribution in [3.63, 3.8) is 0 Å². The first-order valence-corrected chi connectivity index (χ1v) is 9.51. The average molecular weight is 384 g/mol. The fourth-order valence-corrected chi connectivity index (χ4v) is 4.01. The van der Waals surface area contributed by atoms with Crippen molar-refractivity contribution in [1.29, 1.82) is 0 Å². The number of amides is 1. The number of rotatable bonds is 4. The standard InChI is InChI=1S/C18H23F3N4O2/c19-18(20,21)15-10-16(23-11-22-15)25(12-3-4-12)13-5-7-24(8-6-13)17(26)14-2-1-9-27-14/h10-14H,1-9H2. The predicted octanol–water partition coefficient (Wildman–Crippen LogP) is 2.63. The van der Waals surface area contributed by atoms with Crippen LogP contribution in [0, 0.1) is 0 Å². The molecule has 3 heterocycles. The molecule has 1 aromatic rings. The topological polar surface area (TPSA) is 58.6 Å². The van der Waals surface area contributed by atoms with Crippen molar-refractivity contribution in [2.45, 2.75) is 62.9 Å². The van der Waals surface area contributed by atoms with E-state index >= 15 is 0 Å². The van der Waals surface area contributed by atoms with Crippen LogP contribution in [-0.4, -0.2) is 58.7 Å². The Bertz CT molecular complexity index is 681. The first-order chi connectivity index (χ1) is 12.9. The molecule has 2 saturated heterocycles. The summed E-state index contributed by atoms with van der Waals surface area (Å²) < 4.78 is 44.5. The number of anilines is 1. The number of ether oxygens (including phenoxy) is 1. The summed E-state index contributed by atoms with van der Waals surface area (Å²) in [6.45, 7) is 1.84. The van der Waals surface area contributed by atoms with E-state index in [0.717, 1.165) is 50.9 Å². The second-order valence-corrected chi connectivity index (χ2v) is 7.46. The third kappa shape index (κ3) is 4.02. The quantitative estimate of drug-likeness (QED) is 0.799. The number of hydrogen-bond acceptors (Lipinski definition) is 5. The molecule has 1 atom stereocenters. The number of aromatic nitrogens is 2. The van der Waals surface area contributed by atoms with Gasteiger partial charge in [0.25, 0.3) is 5.91 Å². The summed E-state index contributed by atoms with van der Waals surface area (Å²) >= 11 is 0. The number of halogens is 3. The van der Waals surface area contributed by atoms with E-state index in [-0.39, 0.29) is 24.1 Å². The number of carbonyl (C=O) groups excluding carboxylic acids is 1. The first-order valence-electron chi connectivity index (χ1n) is 9.51. The van der Waals surface area contributed by atoms with Gasteiger partial charge in [-0.2, -0.15) is 13.2 Å². The molecule has 0 radical (unpaired) electrons. The molecule has 0 aromatic carbocycles. The molecule has 2 aliphatic heterocycles. The molecule has 3 aliphatic rings. The van der Waals surface area contributed by atoms with Crippen LogP contribution in [0.15, 0.2) is 12.4 Å². The van der Waals surface area contributed by atoms with Gasteiger partial charge in [-0.15, -0.1) is 0 Å². The summed E-state index contributed by atoms with van der Waals surface area (Å²) in [5, 5.41) is 0. The van der Waals surface area contributed by atoms with Crippen LogP contribution in [0.5, 0.6) is 0 Å².